The molecule has 0 saturated carbocycles. The Labute approximate surface area is 189 Å². The Bertz CT molecular complexity index is 834. The number of carbonyl (C=O) groups excluding carboxylic acids is 1. The number of hydrogen-bond acceptors (Lipinski definition) is 4. The molecule has 1 aliphatic heterocycles. The minimum atomic E-state index is -0.612. The van der Waals surface area contributed by atoms with Gasteiger partial charge >= 0.3 is 6.03 Å². The van der Waals surface area contributed by atoms with Gasteiger partial charge in [0, 0.05) is 19.7 Å². The zero-order valence-electron chi connectivity index (χ0n) is 17.9. The van der Waals surface area contributed by atoms with E-state index in [1.165, 1.54) is 0 Å². The number of rotatable bonds is 8. The first-order chi connectivity index (χ1) is 15.1. The van der Waals surface area contributed by atoms with E-state index in [4.69, 9.17) is 21.1 Å². The average Bonchev–Trinajstić information content (AvgIpc) is 3.02. The molecule has 6 nitrogen and oxygen atoms in total. The van der Waals surface area contributed by atoms with E-state index in [1.54, 1.807) is 25.3 Å². The van der Waals surface area contributed by atoms with Gasteiger partial charge in [0.1, 0.15) is 6.61 Å². The summed E-state index contributed by atoms with van der Waals surface area (Å²) in [6.07, 6.45) is 3.81. The Kier molecular flexibility index (Phi) is 9.00. The van der Waals surface area contributed by atoms with Crippen LogP contribution in [0.1, 0.15) is 43.8 Å². The number of methoxy groups -OCH3 is 1. The van der Waals surface area contributed by atoms with Crippen LogP contribution in [0.25, 0.3) is 0 Å². The summed E-state index contributed by atoms with van der Waals surface area (Å²) in [6.45, 7) is 1.40. The molecule has 2 aromatic carbocycles. The molecule has 0 bridgehead atoms. The van der Waals surface area contributed by atoms with Crippen LogP contribution in [0.15, 0.2) is 48.5 Å². The van der Waals surface area contributed by atoms with E-state index in [1.807, 2.05) is 35.2 Å². The maximum Gasteiger partial charge on any atom is 0.322 e. The quantitative estimate of drug-likeness (QED) is 0.542. The van der Waals surface area contributed by atoms with Gasteiger partial charge in [0.25, 0.3) is 0 Å². The molecule has 0 radical (unpaired) electrons. The highest BCUT2D eigenvalue weighted by Crippen LogP contribution is 2.34. The maximum atomic E-state index is 13.3. The molecule has 0 aromatic heterocycles. The number of anilines is 1. The molecule has 1 fully saturated rings. The third-order valence-electron chi connectivity index (χ3n) is 5.56. The van der Waals surface area contributed by atoms with E-state index in [-0.39, 0.29) is 12.1 Å². The van der Waals surface area contributed by atoms with E-state index >= 15 is 0 Å². The normalized spacial score (nSPS) is 17.6. The predicted molar refractivity (Wildman–Crippen MR) is 123 cm³/mol. The maximum absolute atomic E-state index is 13.3. The van der Waals surface area contributed by atoms with Crippen molar-refractivity contribution < 1.29 is 19.4 Å². The molecule has 0 spiro atoms. The van der Waals surface area contributed by atoms with Crippen molar-refractivity contribution >= 4 is 23.3 Å². The largest absolute Gasteiger partial charge is 0.487 e. The SMILES string of the molecule is COCCOc1c(Cl)cccc1NC(=O)N1CCCCC[C@H]1C[C@@H](O)c1ccccc1. The molecule has 3 rings (SSSR count). The minimum Gasteiger partial charge on any atom is -0.487 e. The smallest absolute Gasteiger partial charge is 0.322 e. The molecule has 1 saturated heterocycles. The highest BCUT2D eigenvalue weighted by Gasteiger charge is 2.28. The molecule has 2 amide bonds. The van der Waals surface area contributed by atoms with Gasteiger partial charge in [-0.3, -0.25) is 0 Å². The second-order valence-corrected chi connectivity index (χ2v) is 8.15. The van der Waals surface area contributed by atoms with Crippen molar-refractivity contribution in [2.24, 2.45) is 0 Å². The molecule has 7 heteroatoms. The molecule has 2 atom stereocenters. The zero-order valence-corrected chi connectivity index (χ0v) is 18.7. The summed E-state index contributed by atoms with van der Waals surface area (Å²) in [5, 5.41) is 14.2. The number of benzene rings is 2. The summed E-state index contributed by atoms with van der Waals surface area (Å²) in [5.74, 6) is 0.435. The fourth-order valence-electron chi connectivity index (χ4n) is 3.93. The monoisotopic (exact) mass is 446 g/mol. The van der Waals surface area contributed by atoms with Gasteiger partial charge in [-0.15, -0.1) is 0 Å². The van der Waals surface area contributed by atoms with Crippen LogP contribution in [0.3, 0.4) is 0 Å². The van der Waals surface area contributed by atoms with Crippen LogP contribution in [0.5, 0.6) is 5.75 Å². The fraction of sp³-hybridized carbons (Fsp3) is 0.458. The number of amides is 2. The molecule has 0 unspecified atom stereocenters. The molecule has 0 aliphatic carbocycles. The Morgan fingerprint density at radius 1 is 1.16 bits per heavy atom. The zero-order chi connectivity index (χ0) is 22.1. The van der Waals surface area contributed by atoms with Gasteiger partial charge in [0.2, 0.25) is 0 Å². The average molecular weight is 447 g/mol. The van der Waals surface area contributed by atoms with E-state index in [0.29, 0.717) is 42.6 Å². The second-order valence-electron chi connectivity index (χ2n) is 7.75. The van der Waals surface area contributed by atoms with Gasteiger partial charge in [-0.05, 0) is 37.0 Å². The molecule has 2 aromatic rings. The number of ether oxygens (including phenoxy) is 2. The van der Waals surface area contributed by atoms with E-state index < -0.39 is 6.10 Å². The first-order valence-corrected chi connectivity index (χ1v) is 11.2. The standard InChI is InChI=1S/C24H31ClN2O4/c1-30-15-16-31-23-20(25)12-8-13-21(23)26-24(29)27-14-7-3-6-11-19(27)17-22(28)18-9-4-2-5-10-18/h2,4-5,8-10,12-13,19,22,28H,3,6-7,11,14-17H2,1H3,(H,26,29)/t19-,22+/m0/s1. The molecular weight excluding hydrogens is 416 g/mol. The lowest BCUT2D eigenvalue weighted by atomic mass is 9.98. The van der Waals surface area contributed by atoms with Crippen molar-refractivity contribution in [1.29, 1.82) is 0 Å². The first-order valence-electron chi connectivity index (χ1n) is 10.8. The third-order valence-corrected chi connectivity index (χ3v) is 5.86. The van der Waals surface area contributed by atoms with E-state index in [0.717, 1.165) is 31.2 Å². The van der Waals surface area contributed by atoms with Crippen molar-refractivity contribution in [1.82, 2.24) is 4.90 Å². The van der Waals surface area contributed by atoms with Crippen LogP contribution in [0.4, 0.5) is 10.5 Å². The Hall–Kier alpha value is -2.28. The minimum absolute atomic E-state index is 0.0465. The number of likely N-dealkylation sites (tertiary alicyclic amines) is 1. The van der Waals surface area contributed by atoms with Crippen molar-refractivity contribution in [2.45, 2.75) is 44.2 Å². The number of carbonyl (C=O) groups is 1. The summed E-state index contributed by atoms with van der Waals surface area (Å²) in [7, 11) is 1.60. The molecule has 1 aliphatic rings. The van der Waals surface area contributed by atoms with Gasteiger partial charge in [-0.2, -0.15) is 0 Å². The van der Waals surface area contributed by atoms with Crippen LogP contribution >= 0.6 is 11.6 Å². The number of nitrogens with zero attached hydrogens (tertiary/aromatic N) is 1. The van der Waals surface area contributed by atoms with Gasteiger partial charge in [0.05, 0.1) is 23.4 Å². The van der Waals surface area contributed by atoms with Crippen LogP contribution < -0.4 is 10.1 Å². The Balaban J connectivity index is 1.73. The second kappa shape index (κ2) is 11.9. The summed E-state index contributed by atoms with van der Waals surface area (Å²) >= 11 is 6.31. The highest BCUT2D eigenvalue weighted by molar-refractivity contribution is 6.32. The van der Waals surface area contributed by atoms with E-state index in [2.05, 4.69) is 5.32 Å². The number of aliphatic hydroxyl groups is 1. The summed E-state index contributed by atoms with van der Waals surface area (Å²) < 4.78 is 10.8. The molecular formula is C24H31ClN2O4. The predicted octanol–water partition coefficient (Wildman–Crippen LogP) is 5.27. The van der Waals surface area contributed by atoms with Gasteiger partial charge in [-0.25, -0.2) is 4.79 Å². The lowest BCUT2D eigenvalue weighted by molar-refractivity contribution is 0.115. The summed E-state index contributed by atoms with van der Waals surface area (Å²) in [4.78, 5) is 15.1. The Morgan fingerprint density at radius 2 is 1.97 bits per heavy atom. The van der Waals surface area contributed by atoms with Gasteiger partial charge in [0.15, 0.2) is 5.75 Å². The molecule has 168 valence electrons. The van der Waals surface area contributed by atoms with Crippen LogP contribution in [-0.2, 0) is 4.74 Å². The van der Waals surface area contributed by atoms with Crippen molar-refractivity contribution in [3.8, 4) is 5.75 Å². The number of hydrogen-bond donors (Lipinski definition) is 2. The Morgan fingerprint density at radius 3 is 2.74 bits per heavy atom. The lowest BCUT2D eigenvalue weighted by Gasteiger charge is -2.32. The number of nitrogens with one attached hydrogen (secondary N) is 1. The van der Waals surface area contributed by atoms with Crippen molar-refractivity contribution in [3.63, 3.8) is 0 Å². The third kappa shape index (κ3) is 6.60. The summed E-state index contributed by atoms with van der Waals surface area (Å²) in [5.41, 5.74) is 1.40. The number of aliphatic hydroxyl groups excluding tert-OH is 1. The van der Waals surface area contributed by atoms with Crippen molar-refractivity contribution in [2.75, 3.05) is 32.2 Å². The topological polar surface area (TPSA) is 71.0 Å². The van der Waals surface area contributed by atoms with Crippen LogP contribution in [-0.4, -0.2) is 48.9 Å². The number of para-hydroxylation sites is 1. The fourth-order valence-corrected chi connectivity index (χ4v) is 4.16. The van der Waals surface area contributed by atoms with Crippen LogP contribution in [0.2, 0.25) is 5.02 Å². The highest BCUT2D eigenvalue weighted by atomic mass is 35.5. The van der Waals surface area contributed by atoms with E-state index in [9.17, 15) is 9.90 Å². The first kappa shape index (κ1) is 23.4. The van der Waals surface area contributed by atoms with Gasteiger partial charge < -0.3 is 24.8 Å². The lowest BCUT2D eigenvalue weighted by Crippen LogP contribution is -2.43. The molecule has 2 N–H and O–H groups in total. The molecule has 1 heterocycles. The van der Waals surface area contributed by atoms with Crippen molar-refractivity contribution in [3.05, 3.63) is 59.1 Å². The molecule has 31 heavy (non-hydrogen) atoms. The number of urea groups is 1. The number of halogens is 1. The van der Waals surface area contributed by atoms with Crippen LogP contribution in [0, 0.1) is 0 Å². The summed E-state index contributed by atoms with van der Waals surface area (Å²) in [6, 6.07) is 14.6. The van der Waals surface area contributed by atoms with Gasteiger partial charge in [-0.1, -0.05) is 60.8 Å².